The first-order valence-electron chi connectivity index (χ1n) is 8.46. The number of hydrogen-bond acceptors (Lipinski definition) is 2. The van der Waals surface area contributed by atoms with Gasteiger partial charge in [-0.05, 0) is 42.2 Å². The van der Waals surface area contributed by atoms with Crippen LogP contribution in [0, 0.1) is 5.82 Å². The summed E-state index contributed by atoms with van der Waals surface area (Å²) in [6.07, 6.45) is 1.02. The second kappa shape index (κ2) is 9.92. The van der Waals surface area contributed by atoms with Gasteiger partial charge < -0.3 is 10.2 Å². The standard InChI is InChI=1S/C20H22ClFN2O2/c1-15(25)24(12-10-17-6-2-3-8-19(17)22)14-20(26)23-11-9-16-5-4-7-18(21)13-16/h2-8,13H,9-12,14H2,1H3,(H,23,26). The van der Waals surface area contributed by atoms with Crippen LogP contribution in [0.15, 0.2) is 48.5 Å². The van der Waals surface area contributed by atoms with Crippen molar-refractivity contribution in [2.24, 2.45) is 0 Å². The molecule has 0 unspecified atom stereocenters. The molecule has 0 heterocycles. The lowest BCUT2D eigenvalue weighted by Gasteiger charge is -2.20. The van der Waals surface area contributed by atoms with Crippen LogP contribution in [-0.4, -0.2) is 36.3 Å². The van der Waals surface area contributed by atoms with E-state index in [1.807, 2.05) is 18.2 Å². The van der Waals surface area contributed by atoms with Gasteiger partial charge in [-0.1, -0.05) is 41.9 Å². The molecule has 2 aromatic carbocycles. The molecule has 0 spiro atoms. The molecule has 6 heteroatoms. The zero-order valence-corrected chi connectivity index (χ0v) is 15.4. The summed E-state index contributed by atoms with van der Waals surface area (Å²) in [5, 5.41) is 3.45. The Morgan fingerprint density at radius 3 is 2.58 bits per heavy atom. The molecular formula is C20H22ClFN2O2. The lowest BCUT2D eigenvalue weighted by atomic mass is 10.1. The van der Waals surface area contributed by atoms with Crippen molar-refractivity contribution >= 4 is 23.4 Å². The zero-order valence-electron chi connectivity index (χ0n) is 14.7. The number of nitrogens with one attached hydrogen (secondary N) is 1. The number of nitrogens with zero attached hydrogens (tertiary/aromatic N) is 1. The van der Waals surface area contributed by atoms with E-state index in [1.54, 1.807) is 24.3 Å². The van der Waals surface area contributed by atoms with E-state index >= 15 is 0 Å². The first kappa shape index (κ1) is 19.9. The molecule has 4 nitrogen and oxygen atoms in total. The van der Waals surface area contributed by atoms with Gasteiger partial charge in [-0.15, -0.1) is 0 Å². The third kappa shape index (κ3) is 6.48. The molecule has 0 aliphatic rings. The van der Waals surface area contributed by atoms with Crippen LogP contribution in [0.4, 0.5) is 4.39 Å². The largest absolute Gasteiger partial charge is 0.354 e. The van der Waals surface area contributed by atoms with E-state index in [4.69, 9.17) is 11.6 Å². The zero-order chi connectivity index (χ0) is 18.9. The highest BCUT2D eigenvalue weighted by molar-refractivity contribution is 6.30. The molecule has 0 aromatic heterocycles. The summed E-state index contributed by atoms with van der Waals surface area (Å²) in [5.41, 5.74) is 1.56. The number of carbonyl (C=O) groups excluding carboxylic acids is 2. The van der Waals surface area contributed by atoms with Crippen molar-refractivity contribution in [3.05, 3.63) is 70.5 Å². The summed E-state index contributed by atoms with van der Waals surface area (Å²) in [6, 6.07) is 13.9. The van der Waals surface area contributed by atoms with Gasteiger partial charge in [-0.25, -0.2) is 4.39 Å². The smallest absolute Gasteiger partial charge is 0.239 e. The average molecular weight is 377 g/mol. The van der Waals surface area contributed by atoms with Crippen LogP contribution in [0.2, 0.25) is 5.02 Å². The first-order valence-corrected chi connectivity index (χ1v) is 8.83. The number of hydrogen-bond donors (Lipinski definition) is 1. The van der Waals surface area contributed by atoms with E-state index in [2.05, 4.69) is 5.32 Å². The molecule has 2 amide bonds. The highest BCUT2D eigenvalue weighted by atomic mass is 35.5. The van der Waals surface area contributed by atoms with E-state index < -0.39 is 0 Å². The normalized spacial score (nSPS) is 10.4. The fourth-order valence-electron chi connectivity index (χ4n) is 2.57. The maximum Gasteiger partial charge on any atom is 0.239 e. The van der Waals surface area contributed by atoms with E-state index in [1.165, 1.54) is 17.9 Å². The number of amides is 2. The molecule has 26 heavy (non-hydrogen) atoms. The van der Waals surface area contributed by atoms with Crippen LogP contribution in [0.5, 0.6) is 0 Å². The molecule has 0 aliphatic heterocycles. The number of rotatable bonds is 8. The minimum Gasteiger partial charge on any atom is -0.354 e. The van der Waals surface area contributed by atoms with Gasteiger partial charge in [0.25, 0.3) is 0 Å². The van der Waals surface area contributed by atoms with E-state index in [0.29, 0.717) is 30.0 Å². The molecule has 0 aliphatic carbocycles. The van der Waals surface area contributed by atoms with Gasteiger partial charge >= 0.3 is 0 Å². The van der Waals surface area contributed by atoms with Crippen molar-refractivity contribution in [3.63, 3.8) is 0 Å². The predicted octanol–water partition coefficient (Wildman–Crippen LogP) is 3.23. The molecule has 0 bridgehead atoms. The van der Waals surface area contributed by atoms with E-state index in [-0.39, 0.29) is 30.7 Å². The second-order valence-corrected chi connectivity index (χ2v) is 6.45. The molecule has 1 N–H and O–H groups in total. The van der Waals surface area contributed by atoms with Crippen molar-refractivity contribution < 1.29 is 14.0 Å². The predicted molar refractivity (Wildman–Crippen MR) is 101 cm³/mol. The Kier molecular flexibility index (Phi) is 7.60. The molecule has 0 saturated heterocycles. The van der Waals surface area contributed by atoms with E-state index in [0.717, 1.165) is 5.56 Å². The van der Waals surface area contributed by atoms with Crippen LogP contribution >= 0.6 is 11.6 Å². The third-order valence-electron chi connectivity index (χ3n) is 4.01. The SMILES string of the molecule is CC(=O)N(CCc1ccccc1F)CC(=O)NCCc1cccc(Cl)c1. The Bertz CT molecular complexity index is 767. The van der Waals surface area contributed by atoms with Crippen LogP contribution in [0.1, 0.15) is 18.1 Å². The van der Waals surface area contributed by atoms with Crippen LogP contribution in [-0.2, 0) is 22.4 Å². The Hall–Kier alpha value is -2.40. The van der Waals surface area contributed by atoms with Crippen LogP contribution < -0.4 is 5.32 Å². The van der Waals surface area contributed by atoms with Gasteiger partial charge in [0, 0.05) is 25.0 Å². The van der Waals surface area contributed by atoms with Crippen molar-refractivity contribution in [1.82, 2.24) is 10.2 Å². The number of benzene rings is 2. The highest BCUT2D eigenvalue weighted by Crippen LogP contribution is 2.11. The summed E-state index contributed by atoms with van der Waals surface area (Å²) in [4.78, 5) is 25.3. The highest BCUT2D eigenvalue weighted by Gasteiger charge is 2.14. The maximum atomic E-state index is 13.7. The Morgan fingerprint density at radius 2 is 1.88 bits per heavy atom. The topological polar surface area (TPSA) is 49.4 Å². The molecular weight excluding hydrogens is 355 g/mol. The van der Waals surface area contributed by atoms with Gasteiger partial charge in [0.2, 0.25) is 11.8 Å². The second-order valence-electron chi connectivity index (χ2n) is 6.01. The average Bonchev–Trinajstić information content (AvgIpc) is 2.59. The minimum atomic E-state index is -0.304. The summed E-state index contributed by atoms with van der Waals surface area (Å²) in [7, 11) is 0. The van der Waals surface area contributed by atoms with E-state index in [9.17, 15) is 14.0 Å². The van der Waals surface area contributed by atoms with Crippen LogP contribution in [0.25, 0.3) is 0 Å². The molecule has 138 valence electrons. The fraction of sp³-hybridized carbons (Fsp3) is 0.300. The first-order chi connectivity index (χ1) is 12.5. The monoisotopic (exact) mass is 376 g/mol. The third-order valence-corrected chi connectivity index (χ3v) is 4.25. The fourth-order valence-corrected chi connectivity index (χ4v) is 2.79. The van der Waals surface area contributed by atoms with Crippen molar-refractivity contribution in [1.29, 1.82) is 0 Å². The Morgan fingerprint density at radius 1 is 1.12 bits per heavy atom. The van der Waals surface area contributed by atoms with Crippen molar-refractivity contribution in [2.75, 3.05) is 19.6 Å². The molecule has 0 saturated carbocycles. The minimum absolute atomic E-state index is 0.0423. The van der Waals surface area contributed by atoms with Crippen molar-refractivity contribution in [2.45, 2.75) is 19.8 Å². The Balaban J connectivity index is 1.80. The summed E-state index contributed by atoms with van der Waals surface area (Å²) in [5.74, 6) is -0.760. The van der Waals surface area contributed by atoms with Gasteiger partial charge in [0.05, 0.1) is 6.54 Å². The Labute approximate surface area is 158 Å². The molecule has 0 atom stereocenters. The van der Waals surface area contributed by atoms with Gasteiger partial charge in [0.15, 0.2) is 0 Å². The lowest BCUT2D eigenvalue weighted by molar-refractivity contribution is -0.134. The van der Waals surface area contributed by atoms with Crippen LogP contribution in [0.3, 0.4) is 0 Å². The van der Waals surface area contributed by atoms with Gasteiger partial charge in [-0.2, -0.15) is 0 Å². The molecule has 0 radical (unpaired) electrons. The summed E-state index contributed by atoms with van der Waals surface area (Å²) in [6.45, 7) is 2.11. The summed E-state index contributed by atoms with van der Waals surface area (Å²) < 4.78 is 13.7. The molecule has 2 aromatic rings. The number of carbonyl (C=O) groups is 2. The van der Waals surface area contributed by atoms with Gasteiger partial charge in [-0.3, -0.25) is 9.59 Å². The molecule has 0 fully saturated rings. The maximum absolute atomic E-state index is 13.7. The quantitative estimate of drug-likeness (QED) is 0.769. The number of halogens is 2. The summed E-state index contributed by atoms with van der Waals surface area (Å²) >= 11 is 5.93. The molecule has 2 rings (SSSR count). The lowest BCUT2D eigenvalue weighted by Crippen LogP contribution is -2.41. The van der Waals surface area contributed by atoms with Crippen molar-refractivity contribution in [3.8, 4) is 0 Å². The van der Waals surface area contributed by atoms with Gasteiger partial charge in [0.1, 0.15) is 5.82 Å².